The number of hydrogen-bond acceptors (Lipinski definition) is 5. The minimum Gasteiger partial charge on any atom is -0.497 e. The number of anilines is 3. The lowest BCUT2D eigenvalue weighted by atomic mass is 10.0. The molecule has 0 radical (unpaired) electrons. The maximum Gasteiger partial charge on any atom is 0.417 e. The van der Waals surface area contributed by atoms with Gasteiger partial charge in [-0.3, -0.25) is 5.32 Å². The van der Waals surface area contributed by atoms with Crippen molar-refractivity contribution in [3.8, 4) is 22.6 Å². The maximum absolute atomic E-state index is 12.1. The van der Waals surface area contributed by atoms with E-state index in [-0.39, 0.29) is 0 Å². The fraction of sp³-hybridized carbons (Fsp3) is 0.0500. The molecule has 0 spiro atoms. The predicted octanol–water partition coefficient (Wildman–Crippen LogP) is 4.14. The van der Waals surface area contributed by atoms with Crippen molar-refractivity contribution in [3.63, 3.8) is 0 Å². The standard InChI is InChI=1S/C20H19N3O3/c1-25-16-7-9-17(10-8-16)26-20(24)23-15-6-11-19(22)18(12-15)13-2-4-14(21)5-3-13/h2-12H,21-22H2,1H3,(H,23,24). The van der Waals surface area contributed by atoms with Gasteiger partial charge in [0.2, 0.25) is 0 Å². The first kappa shape index (κ1) is 17.2. The SMILES string of the molecule is COc1ccc(OC(=O)Nc2ccc(N)c(-c3ccc(N)cc3)c2)cc1. The molecule has 0 aliphatic rings. The molecule has 0 saturated carbocycles. The van der Waals surface area contributed by atoms with Crippen molar-refractivity contribution in [1.29, 1.82) is 0 Å². The largest absolute Gasteiger partial charge is 0.497 e. The third-order valence-electron chi connectivity index (χ3n) is 3.79. The number of nitrogens with two attached hydrogens (primary N) is 2. The van der Waals surface area contributed by atoms with E-state index in [9.17, 15) is 4.79 Å². The summed E-state index contributed by atoms with van der Waals surface area (Å²) in [6.07, 6.45) is -0.594. The zero-order valence-electron chi connectivity index (χ0n) is 14.2. The van der Waals surface area contributed by atoms with Crippen molar-refractivity contribution >= 4 is 23.2 Å². The molecule has 3 rings (SSSR count). The summed E-state index contributed by atoms with van der Waals surface area (Å²) in [5.74, 6) is 1.10. The monoisotopic (exact) mass is 349 g/mol. The van der Waals surface area contributed by atoms with E-state index in [0.29, 0.717) is 28.6 Å². The summed E-state index contributed by atoms with van der Waals surface area (Å²) in [5, 5.41) is 2.70. The van der Waals surface area contributed by atoms with Gasteiger partial charge < -0.3 is 20.9 Å². The van der Waals surface area contributed by atoms with Crippen molar-refractivity contribution < 1.29 is 14.3 Å². The average molecular weight is 349 g/mol. The second-order valence-corrected chi connectivity index (χ2v) is 5.61. The van der Waals surface area contributed by atoms with E-state index in [1.807, 2.05) is 12.1 Å². The molecule has 5 N–H and O–H groups in total. The number of nitrogens with one attached hydrogen (secondary N) is 1. The summed E-state index contributed by atoms with van der Waals surface area (Å²) in [6, 6.07) is 19.3. The second-order valence-electron chi connectivity index (χ2n) is 5.61. The predicted molar refractivity (Wildman–Crippen MR) is 103 cm³/mol. The number of nitrogen functional groups attached to an aromatic ring is 2. The molecule has 0 aliphatic carbocycles. The third-order valence-corrected chi connectivity index (χ3v) is 3.79. The van der Waals surface area contributed by atoms with E-state index in [2.05, 4.69) is 5.32 Å². The fourth-order valence-electron chi connectivity index (χ4n) is 2.44. The van der Waals surface area contributed by atoms with E-state index in [0.717, 1.165) is 11.1 Å². The van der Waals surface area contributed by atoms with Gasteiger partial charge in [0.1, 0.15) is 11.5 Å². The zero-order valence-corrected chi connectivity index (χ0v) is 14.2. The molecule has 0 aromatic heterocycles. The number of ether oxygens (including phenoxy) is 2. The first-order chi connectivity index (χ1) is 12.5. The van der Waals surface area contributed by atoms with Crippen LogP contribution in [0.1, 0.15) is 0 Å². The van der Waals surface area contributed by atoms with Crippen LogP contribution in [0.5, 0.6) is 11.5 Å². The summed E-state index contributed by atoms with van der Waals surface area (Å²) in [4.78, 5) is 12.1. The minimum absolute atomic E-state index is 0.414. The van der Waals surface area contributed by atoms with Crippen LogP contribution in [0.15, 0.2) is 66.7 Å². The number of rotatable bonds is 4. The van der Waals surface area contributed by atoms with Crippen LogP contribution in [-0.4, -0.2) is 13.2 Å². The highest BCUT2D eigenvalue weighted by molar-refractivity contribution is 5.89. The molecule has 3 aromatic carbocycles. The second kappa shape index (κ2) is 7.48. The third kappa shape index (κ3) is 4.05. The molecule has 0 bridgehead atoms. The van der Waals surface area contributed by atoms with E-state index in [4.69, 9.17) is 20.9 Å². The topological polar surface area (TPSA) is 99.6 Å². The van der Waals surface area contributed by atoms with Gasteiger partial charge in [0, 0.05) is 22.6 Å². The molecule has 3 aromatic rings. The van der Waals surface area contributed by atoms with Crippen LogP contribution in [-0.2, 0) is 0 Å². The lowest BCUT2D eigenvalue weighted by Gasteiger charge is -2.11. The Bertz CT molecular complexity index is 907. The van der Waals surface area contributed by atoms with Gasteiger partial charge in [0.15, 0.2) is 0 Å². The average Bonchev–Trinajstić information content (AvgIpc) is 2.65. The number of amides is 1. The molecular weight excluding hydrogens is 330 g/mol. The molecule has 0 saturated heterocycles. The number of methoxy groups -OCH3 is 1. The van der Waals surface area contributed by atoms with Crippen molar-refractivity contribution in [2.75, 3.05) is 23.9 Å². The van der Waals surface area contributed by atoms with Crippen LogP contribution >= 0.6 is 0 Å². The van der Waals surface area contributed by atoms with Gasteiger partial charge >= 0.3 is 6.09 Å². The van der Waals surface area contributed by atoms with Gasteiger partial charge in [0.25, 0.3) is 0 Å². The highest BCUT2D eigenvalue weighted by Gasteiger charge is 2.09. The molecule has 1 amide bonds. The van der Waals surface area contributed by atoms with Crippen molar-refractivity contribution in [1.82, 2.24) is 0 Å². The zero-order chi connectivity index (χ0) is 18.5. The summed E-state index contributed by atoms with van der Waals surface area (Å²) >= 11 is 0. The summed E-state index contributed by atoms with van der Waals surface area (Å²) in [5.41, 5.74) is 15.3. The van der Waals surface area contributed by atoms with Gasteiger partial charge in [-0.15, -0.1) is 0 Å². The van der Waals surface area contributed by atoms with Crippen LogP contribution in [0.2, 0.25) is 0 Å². The molecular formula is C20H19N3O3. The van der Waals surface area contributed by atoms with E-state index in [1.165, 1.54) is 0 Å². The highest BCUT2D eigenvalue weighted by atomic mass is 16.6. The van der Waals surface area contributed by atoms with Crippen LogP contribution in [0.25, 0.3) is 11.1 Å². The van der Waals surface area contributed by atoms with E-state index < -0.39 is 6.09 Å². The fourth-order valence-corrected chi connectivity index (χ4v) is 2.44. The Morgan fingerprint density at radius 3 is 2.19 bits per heavy atom. The smallest absolute Gasteiger partial charge is 0.417 e. The molecule has 132 valence electrons. The van der Waals surface area contributed by atoms with Crippen LogP contribution in [0.4, 0.5) is 21.9 Å². The Morgan fingerprint density at radius 1 is 0.885 bits per heavy atom. The maximum atomic E-state index is 12.1. The lowest BCUT2D eigenvalue weighted by Crippen LogP contribution is -2.16. The molecule has 0 unspecified atom stereocenters. The van der Waals surface area contributed by atoms with Crippen molar-refractivity contribution in [2.45, 2.75) is 0 Å². The van der Waals surface area contributed by atoms with Crippen LogP contribution < -0.4 is 26.3 Å². The van der Waals surface area contributed by atoms with Gasteiger partial charge in [-0.25, -0.2) is 4.79 Å². The normalized spacial score (nSPS) is 10.2. The molecule has 6 heteroatoms. The number of carbonyl (C=O) groups excluding carboxylic acids is 1. The summed E-state index contributed by atoms with van der Waals surface area (Å²) in [7, 11) is 1.57. The van der Waals surface area contributed by atoms with Crippen LogP contribution in [0, 0.1) is 0 Å². The molecule has 0 fully saturated rings. The van der Waals surface area contributed by atoms with Crippen molar-refractivity contribution in [3.05, 3.63) is 66.7 Å². The Labute approximate surface area is 151 Å². The highest BCUT2D eigenvalue weighted by Crippen LogP contribution is 2.29. The number of hydrogen-bond donors (Lipinski definition) is 3. The van der Waals surface area contributed by atoms with Gasteiger partial charge in [-0.2, -0.15) is 0 Å². The Hall–Kier alpha value is -3.67. The molecule has 0 heterocycles. The first-order valence-corrected chi connectivity index (χ1v) is 7.93. The summed E-state index contributed by atoms with van der Waals surface area (Å²) < 4.78 is 10.3. The van der Waals surface area contributed by atoms with Gasteiger partial charge in [-0.05, 0) is 60.2 Å². The quantitative estimate of drug-likeness (QED) is 0.615. The van der Waals surface area contributed by atoms with Crippen LogP contribution in [0.3, 0.4) is 0 Å². The summed E-state index contributed by atoms with van der Waals surface area (Å²) in [6.45, 7) is 0. The first-order valence-electron chi connectivity index (χ1n) is 7.93. The number of benzene rings is 3. The Kier molecular flexibility index (Phi) is 4.94. The molecule has 6 nitrogen and oxygen atoms in total. The number of carbonyl (C=O) groups is 1. The minimum atomic E-state index is -0.594. The molecule has 0 aliphatic heterocycles. The molecule has 26 heavy (non-hydrogen) atoms. The van der Waals surface area contributed by atoms with E-state index >= 15 is 0 Å². The van der Waals surface area contributed by atoms with Gasteiger partial charge in [0.05, 0.1) is 7.11 Å². The lowest BCUT2D eigenvalue weighted by molar-refractivity contribution is 0.215. The van der Waals surface area contributed by atoms with Crippen molar-refractivity contribution in [2.24, 2.45) is 0 Å². The van der Waals surface area contributed by atoms with Gasteiger partial charge in [-0.1, -0.05) is 12.1 Å². The Balaban J connectivity index is 1.73. The molecule has 0 atom stereocenters. The Morgan fingerprint density at radius 2 is 1.54 bits per heavy atom. The van der Waals surface area contributed by atoms with E-state index in [1.54, 1.807) is 61.7 Å².